The van der Waals surface area contributed by atoms with Crippen molar-refractivity contribution in [2.24, 2.45) is 0 Å². The monoisotopic (exact) mass is 315 g/mol. The van der Waals surface area contributed by atoms with Gasteiger partial charge in [-0.05, 0) is 38.5 Å². The van der Waals surface area contributed by atoms with E-state index in [0.29, 0.717) is 5.56 Å². The molecule has 1 amide bonds. The number of rotatable bonds is 4. The maximum Gasteiger partial charge on any atom is 0.409 e. The standard InChI is InChI=1S/C14H18ClNO5/c1-14(2,3)21-13(20)16-11(17)7-8-4-5-10(15)9(6-8)12(18)19/h4-6,11,17H,7H2,1-3H3,(H,16,20)(H,18,19)/t11-/m0/s1. The van der Waals surface area contributed by atoms with Crippen LogP contribution in [-0.2, 0) is 11.2 Å². The average Bonchev–Trinajstić information content (AvgIpc) is 2.28. The highest BCUT2D eigenvalue weighted by molar-refractivity contribution is 6.33. The Morgan fingerprint density at radius 3 is 2.52 bits per heavy atom. The summed E-state index contributed by atoms with van der Waals surface area (Å²) in [6.45, 7) is 5.12. The summed E-state index contributed by atoms with van der Waals surface area (Å²) in [6, 6.07) is 4.36. The van der Waals surface area contributed by atoms with Crippen molar-refractivity contribution in [2.45, 2.75) is 39.0 Å². The number of carboxylic acids is 1. The van der Waals surface area contributed by atoms with Gasteiger partial charge in [0.15, 0.2) is 0 Å². The second-order valence-electron chi connectivity index (χ2n) is 5.49. The third kappa shape index (κ3) is 6.01. The van der Waals surface area contributed by atoms with E-state index in [-0.39, 0.29) is 17.0 Å². The molecule has 3 N–H and O–H groups in total. The number of carbonyl (C=O) groups is 2. The van der Waals surface area contributed by atoms with E-state index in [2.05, 4.69) is 5.32 Å². The molecule has 7 heteroatoms. The lowest BCUT2D eigenvalue weighted by atomic mass is 10.1. The van der Waals surface area contributed by atoms with Crippen molar-refractivity contribution in [3.05, 3.63) is 34.3 Å². The van der Waals surface area contributed by atoms with Crippen LogP contribution in [0.3, 0.4) is 0 Å². The van der Waals surface area contributed by atoms with E-state index < -0.39 is 23.9 Å². The third-order valence-electron chi connectivity index (χ3n) is 2.37. The molecule has 0 saturated carbocycles. The van der Waals surface area contributed by atoms with Gasteiger partial charge in [0, 0.05) is 6.42 Å². The van der Waals surface area contributed by atoms with Crippen LogP contribution in [0.1, 0.15) is 36.7 Å². The first-order chi connectivity index (χ1) is 9.58. The highest BCUT2D eigenvalue weighted by Gasteiger charge is 2.19. The Morgan fingerprint density at radius 2 is 2.00 bits per heavy atom. The molecule has 0 aliphatic rings. The molecule has 0 aliphatic heterocycles. The minimum atomic E-state index is -1.19. The van der Waals surface area contributed by atoms with Crippen LogP contribution in [0, 0.1) is 0 Å². The van der Waals surface area contributed by atoms with E-state index in [1.165, 1.54) is 12.1 Å². The van der Waals surface area contributed by atoms with Gasteiger partial charge in [0.05, 0.1) is 10.6 Å². The van der Waals surface area contributed by atoms with Crippen LogP contribution in [-0.4, -0.2) is 34.1 Å². The molecule has 0 saturated heterocycles. The van der Waals surface area contributed by atoms with Crippen molar-refractivity contribution in [2.75, 3.05) is 0 Å². The normalized spacial score (nSPS) is 12.6. The maximum absolute atomic E-state index is 11.5. The van der Waals surface area contributed by atoms with E-state index >= 15 is 0 Å². The Morgan fingerprint density at radius 1 is 1.38 bits per heavy atom. The van der Waals surface area contributed by atoms with Gasteiger partial charge in [0.25, 0.3) is 0 Å². The van der Waals surface area contributed by atoms with Crippen LogP contribution in [0.25, 0.3) is 0 Å². The first-order valence-corrected chi connectivity index (χ1v) is 6.65. The molecule has 1 atom stereocenters. The topological polar surface area (TPSA) is 95.9 Å². The van der Waals surface area contributed by atoms with Gasteiger partial charge in [-0.3, -0.25) is 5.32 Å². The number of amides is 1. The zero-order valence-electron chi connectivity index (χ0n) is 12.0. The lowest BCUT2D eigenvalue weighted by Gasteiger charge is -2.21. The number of nitrogens with one attached hydrogen (secondary N) is 1. The van der Waals surface area contributed by atoms with Crippen LogP contribution in [0.4, 0.5) is 4.79 Å². The summed E-state index contributed by atoms with van der Waals surface area (Å²) in [7, 11) is 0. The second-order valence-corrected chi connectivity index (χ2v) is 5.89. The fraction of sp³-hybridized carbons (Fsp3) is 0.429. The van der Waals surface area contributed by atoms with E-state index in [1.807, 2.05) is 0 Å². The fourth-order valence-corrected chi connectivity index (χ4v) is 1.78. The van der Waals surface area contributed by atoms with Gasteiger partial charge < -0.3 is 14.9 Å². The van der Waals surface area contributed by atoms with Crippen LogP contribution >= 0.6 is 11.6 Å². The Kier molecular flexibility index (Phi) is 5.57. The molecule has 0 spiro atoms. The maximum atomic E-state index is 11.5. The zero-order valence-corrected chi connectivity index (χ0v) is 12.8. The number of benzene rings is 1. The SMILES string of the molecule is CC(C)(C)OC(=O)N[C@@H](O)Cc1ccc(Cl)c(C(=O)O)c1. The average molecular weight is 316 g/mol. The molecule has 116 valence electrons. The molecule has 0 bridgehead atoms. The van der Waals surface area contributed by atoms with Gasteiger partial charge in [-0.1, -0.05) is 17.7 Å². The number of halogens is 1. The summed E-state index contributed by atoms with van der Waals surface area (Å²) in [5, 5.41) is 21.1. The Balaban J connectivity index is 2.67. The van der Waals surface area contributed by atoms with Crippen molar-refractivity contribution >= 4 is 23.7 Å². The van der Waals surface area contributed by atoms with Crippen LogP contribution in [0.15, 0.2) is 18.2 Å². The molecule has 1 rings (SSSR count). The molecular weight excluding hydrogens is 298 g/mol. The van der Waals surface area contributed by atoms with Crippen LogP contribution in [0.5, 0.6) is 0 Å². The van der Waals surface area contributed by atoms with Gasteiger partial charge in [0.1, 0.15) is 11.8 Å². The number of ether oxygens (including phenoxy) is 1. The minimum absolute atomic E-state index is 0.0384. The molecule has 0 heterocycles. The van der Waals surface area contributed by atoms with Gasteiger partial charge in [0.2, 0.25) is 0 Å². The molecule has 1 aromatic rings. The number of carbonyl (C=O) groups excluding carboxylic acids is 1. The predicted molar refractivity (Wildman–Crippen MR) is 77.5 cm³/mol. The molecule has 0 aliphatic carbocycles. The Labute approximate surface area is 127 Å². The highest BCUT2D eigenvalue weighted by atomic mass is 35.5. The fourth-order valence-electron chi connectivity index (χ4n) is 1.58. The summed E-state index contributed by atoms with van der Waals surface area (Å²) in [5.41, 5.74) is -0.195. The predicted octanol–water partition coefficient (Wildman–Crippen LogP) is 2.42. The first kappa shape index (κ1) is 17.3. The van der Waals surface area contributed by atoms with Crippen molar-refractivity contribution in [3.8, 4) is 0 Å². The first-order valence-electron chi connectivity index (χ1n) is 6.28. The van der Waals surface area contributed by atoms with Gasteiger partial charge >= 0.3 is 12.1 Å². The van der Waals surface area contributed by atoms with Gasteiger partial charge in [-0.2, -0.15) is 0 Å². The van der Waals surface area contributed by atoms with Crippen LogP contribution < -0.4 is 5.32 Å². The molecule has 6 nitrogen and oxygen atoms in total. The van der Waals surface area contributed by atoms with E-state index in [9.17, 15) is 14.7 Å². The molecule has 0 fully saturated rings. The van der Waals surface area contributed by atoms with E-state index in [4.69, 9.17) is 21.4 Å². The summed E-state index contributed by atoms with van der Waals surface area (Å²) >= 11 is 5.75. The smallest absolute Gasteiger partial charge is 0.409 e. The zero-order chi connectivity index (χ0) is 16.2. The lowest BCUT2D eigenvalue weighted by molar-refractivity contribution is 0.0359. The number of aliphatic hydroxyl groups is 1. The summed E-state index contributed by atoms with van der Waals surface area (Å²) in [5.74, 6) is -1.16. The van der Waals surface area contributed by atoms with Crippen LogP contribution in [0.2, 0.25) is 5.02 Å². The van der Waals surface area contributed by atoms with E-state index in [0.717, 1.165) is 0 Å². The highest BCUT2D eigenvalue weighted by Crippen LogP contribution is 2.18. The summed E-state index contributed by atoms with van der Waals surface area (Å²) < 4.78 is 5.00. The second kappa shape index (κ2) is 6.78. The molecular formula is C14H18ClNO5. The Bertz CT molecular complexity index is 539. The number of aliphatic hydroxyl groups excluding tert-OH is 1. The molecule has 21 heavy (non-hydrogen) atoms. The minimum Gasteiger partial charge on any atom is -0.478 e. The summed E-state index contributed by atoms with van der Waals surface area (Å²) in [6.07, 6.45) is -1.90. The number of alkyl carbamates (subject to hydrolysis) is 1. The van der Waals surface area contributed by atoms with Crippen molar-refractivity contribution < 1.29 is 24.5 Å². The Hall–Kier alpha value is -1.79. The third-order valence-corrected chi connectivity index (χ3v) is 2.70. The molecule has 0 aromatic heterocycles. The number of hydrogen-bond acceptors (Lipinski definition) is 4. The summed E-state index contributed by atoms with van der Waals surface area (Å²) in [4.78, 5) is 22.4. The lowest BCUT2D eigenvalue weighted by Crippen LogP contribution is -2.40. The van der Waals surface area contributed by atoms with Crippen molar-refractivity contribution in [1.82, 2.24) is 5.32 Å². The van der Waals surface area contributed by atoms with E-state index in [1.54, 1.807) is 26.8 Å². The largest absolute Gasteiger partial charge is 0.478 e. The quantitative estimate of drug-likeness (QED) is 0.742. The number of aromatic carboxylic acids is 1. The van der Waals surface area contributed by atoms with Crippen molar-refractivity contribution in [1.29, 1.82) is 0 Å². The molecule has 1 aromatic carbocycles. The van der Waals surface area contributed by atoms with Crippen molar-refractivity contribution in [3.63, 3.8) is 0 Å². The molecule has 0 radical (unpaired) electrons. The van der Waals surface area contributed by atoms with Gasteiger partial charge in [-0.25, -0.2) is 9.59 Å². The van der Waals surface area contributed by atoms with Gasteiger partial charge in [-0.15, -0.1) is 0 Å². The number of carboxylic acid groups (broad SMARTS) is 1. The molecule has 0 unspecified atom stereocenters. The number of hydrogen-bond donors (Lipinski definition) is 3.